The van der Waals surface area contributed by atoms with E-state index in [1.807, 2.05) is 67.4 Å². The summed E-state index contributed by atoms with van der Waals surface area (Å²) in [6.45, 7) is 2.49. The Balaban J connectivity index is 1.69. The fourth-order valence-electron chi connectivity index (χ4n) is 2.57. The van der Waals surface area contributed by atoms with Gasteiger partial charge in [0.05, 0.1) is 6.54 Å². The van der Waals surface area contributed by atoms with Gasteiger partial charge >= 0.3 is 0 Å². The fourth-order valence-corrected chi connectivity index (χ4v) is 2.57. The smallest absolute Gasteiger partial charge is 0.185 e. The molecule has 0 fully saturated rings. The Kier molecular flexibility index (Phi) is 3.45. The second kappa shape index (κ2) is 5.77. The highest BCUT2D eigenvalue weighted by atomic mass is 16.5. The molecule has 1 aromatic carbocycles. The van der Waals surface area contributed by atoms with Gasteiger partial charge in [-0.3, -0.25) is 0 Å². The molecule has 0 spiro atoms. The third kappa shape index (κ3) is 2.60. The zero-order chi connectivity index (χ0) is 16.5. The van der Waals surface area contributed by atoms with Crippen LogP contribution in [0.15, 0.2) is 53.1 Å². The molecule has 4 aromatic rings. The summed E-state index contributed by atoms with van der Waals surface area (Å²) in [4.78, 5) is 2.01. The molecule has 0 saturated heterocycles. The monoisotopic (exact) mass is 320 g/mol. The first-order valence-corrected chi connectivity index (χ1v) is 7.62. The lowest BCUT2D eigenvalue weighted by molar-refractivity contribution is 0.390. The summed E-state index contributed by atoms with van der Waals surface area (Å²) in [6, 6.07) is 15.7. The van der Waals surface area contributed by atoms with E-state index in [0.717, 1.165) is 28.7 Å². The number of aromatic nitrogens is 5. The molecule has 0 aliphatic heterocycles. The second-order valence-corrected chi connectivity index (χ2v) is 5.64. The molecule has 3 heterocycles. The number of rotatable bonds is 4. The van der Waals surface area contributed by atoms with Crippen LogP contribution in [-0.4, -0.2) is 32.0 Å². The summed E-state index contributed by atoms with van der Waals surface area (Å²) >= 11 is 0. The highest BCUT2D eigenvalue weighted by Gasteiger charge is 2.12. The maximum absolute atomic E-state index is 5.11. The molecule has 0 bridgehead atoms. The van der Waals surface area contributed by atoms with E-state index in [4.69, 9.17) is 4.52 Å². The molecular formula is C17H16N6O. The number of hydrogen-bond donors (Lipinski definition) is 0. The number of anilines is 1. The average Bonchev–Trinajstić information content (AvgIpc) is 3.21. The van der Waals surface area contributed by atoms with Gasteiger partial charge in [-0.05, 0) is 19.1 Å². The number of hydrogen-bond acceptors (Lipinski definition) is 6. The predicted octanol–water partition coefficient (Wildman–Crippen LogP) is 2.72. The Bertz CT molecular complexity index is 975. The van der Waals surface area contributed by atoms with Crippen molar-refractivity contribution in [1.82, 2.24) is 25.0 Å². The Morgan fingerprint density at radius 3 is 2.67 bits per heavy atom. The molecule has 3 aromatic heterocycles. The number of aryl methyl sites for hydroxylation is 1. The van der Waals surface area contributed by atoms with Gasteiger partial charge in [-0.2, -0.15) is 4.52 Å². The first-order valence-electron chi connectivity index (χ1n) is 7.62. The van der Waals surface area contributed by atoms with Crippen LogP contribution in [0, 0.1) is 6.92 Å². The van der Waals surface area contributed by atoms with E-state index in [1.54, 1.807) is 4.52 Å². The van der Waals surface area contributed by atoms with Crippen LogP contribution >= 0.6 is 0 Å². The summed E-state index contributed by atoms with van der Waals surface area (Å²) in [6.07, 6.45) is 0. The Morgan fingerprint density at radius 2 is 1.92 bits per heavy atom. The lowest BCUT2D eigenvalue weighted by Crippen LogP contribution is -2.19. The predicted molar refractivity (Wildman–Crippen MR) is 89.6 cm³/mol. The molecule has 0 N–H and O–H groups in total. The van der Waals surface area contributed by atoms with E-state index >= 15 is 0 Å². The van der Waals surface area contributed by atoms with Gasteiger partial charge in [0, 0.05) is 18.7 Å². The van der Waals surface area contributed by atoms with E-state index in [2.05, 4.69) is 20.5 Å². The van der Waals surface area contributed by atoms with Gasteiger partial charge in [-0.1, -0.05) is 35.5 Å². The Labute approximate surface area is 138 Å². The van der Waals surface area contributed by atoms with E-state index < -0.39 is 0 Å². The van der Waals surface area contributed by atoms with E-state index in [1.165, 1.54) is 0 Å². The van der Waals surface area contributed by atoms with Crippen LogP contribution in [0.5, 0.6) is 0 Å². The minimum absolute atomic E-state index is 0.610. The van der Waals surface area contributed by atoms with Gasteiger partial charge in [0.2, 0.25) is 0 Å². The van der Waals surface area contributed by atoms with Gasteiger partial charge in [-0.15, -0.1) is 15.3 Å². The third-order valence-electron chi connectivity index (χ3n) is 3.75. The quantitative estimate of drug-likeness (QED) is 0.576. The maximum Gasteiger partial charge on any atom is 0.185 e. The van der Waals surface area contributed by atoms with Gasteiger partial charge in [-0.25, -0.2) is 0 Å². The zero-order valence-electron chi connectivity index (χ0n) is 13.4. The van der Waals surface area contributed by atoms with Crippen molar-refractivity contribution in [3.63, 3.8) is 0 Å². The highest BCUT2D eigenvalue weighted by Crippen LogP contribution is 2.19. The largest absolute Gasteiger partial charge is 0.361 e. The molecule has 4 rings (SSSR count). The van der Waals surface area contributed by atoms with Crippen molar-refractivity contribution < 1.29 is 4.52 Å². The molecule has 7 nitrogen and oxygen atoms in total. The summed E-state index contributed by atoms with van der Waals surface area (Å²) < 4.78 is 6.87. The van der Waals surface area contributed by atoms with E-state index in [-0.39, 0.29) is 0 Å². The van der Waals surface area contributed by atoms with Gasteiger partial charge in [0.25, 0.3) is 0 Å². The zero-order valence-corrected chi connectivity index (χ0v) is 13.4. The molecule has 120 valence electrons. The number of fused-ring (bicyclic) bond motifs is 1. The standard InChI is InChI=1S/C17H16N6O/c1-12-10-14(21-24-12)11-22(2)16-9-8-15-18-19-17(23(15)20-16)13-6-4-3-5-7-13/h3-10H,11H2,1-2H3. The minimum Gasteiger partial charge on any atom is -0.361 e. The van der Waals surface area contributed by atoms with Gasteiger partial charge in [0.15, 0.2) is 11.5 Å². The lowest BCUT2D eigenvalue weighted by atomic mass is 10.2. The van der Waals surface area contributed by atoms with Gasteiger partial charge in [0.1, 0.15) is 17.3 Å². The van der Waals surface area contributed by atoms with Crippen molar-refractivity contribution in [2.24, 2.45) is 0 Å². The van der Waals surface area contributed by atoms with Crippen LogP contribution in [0.4, 0.5) is 5.82 Å². The van der Waals surface area contributed by atoms with Crippen molar-refractivity contribution in [1.29, 1.82) is 0 Å². The highest BCUT2D eigenvalue weighted by molar-refractivity contribution is 5.59. The number of benzene rings is 1. The fraction of sp³-hybridized carbons (Fsp3) is 0.176. The van der Waals surface area contributed by atoms with Crippen LogP contribution in [0.2, 0.25) is 0 Å². The normalized spacial score (nSPS) is 11.1. The molecule has 7 heteroatoms. The lowest BCUT2D eigenvalue weighted by Gasteiger charge is -2.16. The van der Waals surface area contributed by atoms with Crippen molar-refractivity contribution in [2.75, 3.05) is 11.9 Å². The minimum atomic E-state index is 0.610. The molecule has 0 radical (unpaired) electrons. The molecule has 24 heavy (non-hydrogen) atoms. The molecule has 0 aliphatic rings. The summed E-state index contributed by atoms with van der Waals surface area (Å²) in [5.74, 6) is 2.32. The van der Waals surface area contributed by atoms with E-state index in [0.29, 0.717) is 12.2 Å². The van der Waals surface area contributed by atoms with Crippen molar-refractivity contribution in [3.05, 3.63) is 60.0 Å². The molecular weight excluding hydrogens is 304 g/mol. The first-order chi connectivity index (χ1) is 11.7. The van der Waals surface area contributed by atoms with Crippen LogP contribution in [0.25, 0.3) is 17.0 Å². The summed E-state index contributed by atoms with van der Waals surface area (Å²) in [7, 11) is 1.96. The van der Waals surface area contributed by atoms with Crippen LogP contribution in [-0.2, 0) is 6.54 Å². The summed E-state index contributed by atoms with van der Waals surface area (Å²) in [5.41, 5.74) is 2.55. The Morgan fingerprint density at radius 1 is 1.08 bits per heavy atom. The molecule has 0 atom stereocenters. The average molecular weight is 320 g/mol. The SMILES string of the molecule is Cc1cc(CN(C)c2ccc3nnc(-c4ccccc4)n3n2)no1. The topological polar surface area (TPSA) is 72.4 Å². The Hall–Kier alpha value is -3.22. The molecule has 0 unspecified atom stereocenters. The second-order valence-electron chi connectivity index (χ2n) is 5.64. The van der Waals surface area contributed by atoms with Crippen molar-refractivity contribution >= 4 is 11.5 Å². The van der Waals surface area contributed by atoms with E-state index in [9.17, 15) is 0 Å². The van der Waals surface area contributed by atoms with Crippen molar-refractivity contribution in [3.8, 4) is 11.4 Å². The molecule has 0 aliphatic carbocycles. The third-order valence-corrected chi connectivity index (χ3v) is 3.75. The first kappa shape index (κ1) is 14.4. The maximum atomic E-state index is 5.11. The van der Waals surface area contributed by atoms with Crippen molar-refractivity contribution in [2.45, 2.75) is 13.5 Å². The van der Waals surface area contributed by atoms with Gasteiger partial charge < -0.3 is 9.42 Å². The van der Waals surface area contributed by atoms with Crippen LogP contribution in [0.3, 0.4) is 0 Å². The van der Waals surface area contributed by atoms with Crippen LogP contribution < -0.4 is 4.90 Å². The number of nitrogens with zero attached hydrogens (tertiary/aromatic N) is 6. The summed E-state index contributed by atoms with van der Waals surface area (Å²) in [5, 5.41) is 17.1. The molecule has 0 amide bonds. The molecule has 0 saturated carbocycles. The van der Waals surface area contributed by atoms with Crippen LogP contribution in [0.1, 0.15) is 11.5 Å².